The van der Waals surface area contributed by atoms with E-state index in [4.69, 9.17) is 44.9 Å². The molecule has 0 radical (unpaired) electrons. The Bertz CT molecular complexity index is 939. The lowest BCUT2D eigenvalue weighted by Crippen LogP contribution is -2.51. The highest BCUT2D eigenvalue weighted by Crippen LogP contribution is 2.28. The number of halogens is 2. The molecule has 0 aliphatic carbocycles. The molecule has 0 aromatic heterocycles. The Labute approximate surface area is 196 Å². The number of ether oxygens (including phenoxy) is 2. The summed E-state index contributed by atoms with van der Waals surface area (Å²) in [4.78, 5) is 24.5. The van der Waals surface area contributed by atoms with Gasteiger partial charge in [0.25, 0.3) is 11.8 Å². The van der Waals surface area contributed by atoms with Gasteiger partial charge in [-0.2, -0.15) is 0 Å². The van der Waals surface area contributed by atoms with Crippen LogP contribution in [0.2, 0.25) is 10.0 Å². The van der Waals surface area contributed by atoms with Crippen LogP contribution in [0.25, 0.3) is 0 Å². The van der Waals surface area contributed by atoms with Crippen LogP contribution < -0.4 is 25.6 Å². The van der Waals surface area contributed by atoms with Gasteiger partial charge >= 0.3 is 0 Å². The van der Waals surface area contributed by atoms with E-state index in [0.717, 1.165) is 0 Å². The average molecular weight is 484 g/mol. The summed E-state index contributed by atoms with van der Waals surface area (Å²) in [5.74, 6) is 0.435. The molecule has 0 spiro atoms. The molecule has 0 heterocycles. The smallest absolute Gasteiger partial charge is 0.279 e. The second-order valence-electron chi connectivity index (χ2n) is 6.96. The molecule has 2 rings (SSSR count). The summed E-state index contributed by atoms with van der Waals surface area (Å²) < 4.78 is 11.1. The standard InChI is InChI=1S/C21H23Cl2N3O4S/c1-12(2)11-29-16-7-4-14(5-8-16)20(28)24-21(31)26-25-19(27)13(3)30-18-9-6-15(22)10-17(18)23/h4-10,12-13H,11H2,1-3H3,(H,25,27)(H2,24,26,28,31). The van der Waals surface area contributed by atoms with Crippen LogP contribution in [0.5, 0.6) is 11.5 Å². The molecule has 2 aromatic rings. The van der Waals surface area contributed by atoms with Crippen LogP contribution in [0.15, 0.2) is 42.5 Å². The predicted molar refractivity (Wildman–Crippen MR) is 125 cm³/mol. The van der Waals surface area contributed by atoms with Crippen molar-refractivity contribution in [3.63, 3.8) is 0 Å². The molecule has 0 aliphatic heterocycles. The number of carbonyl (C=O) groups is 2. The molecular formula is C21H23Cl2N3O4S. The Morgan fingerprint density at radius 1 is 1.03 bits per heavy atom. The SMILES string of the molecule is CC(C)COc1ccc(C(=O)NC(=S)NNC(=O)C(C)Oc2ccc(Cl)cc2Cl)cc1. The van der Waals surface area contributed by atoms with Crippen molar-refractivity contribution >= 4 is 52.3 Å². The molecule has 1 unspecified atom stereocenters. The highest BCUT2D eigenvalue weighted by Gasteiger charge is 2.17. The van der Waals surface area contributed by atoms with Gasteiger partial charge in [-0.1, -0.05) is 37.0 Å². The van der Waals surface area contributed by atoms with E-state index in [0.29, 0.717) is 34.6 Å². The van der Waals surface area contributed by atoms with Crippen molar-refractivity contribution in [1.82, 2.24) is 16.2 Å². The molecule has 2 aromatic carbocycles. The number of nitrogens with one attached hydrogen (secondary N) is 3. The van der Waals surface area contributed by atoms with Gasteiger partial charge in [0, 0.05) is 10.6 Å². The number of benzene rings is 2. The van der Waals surface area contributed by atoms with Gasteiger partial charge in [0.05, 0.1) is 11.6 Å². The van der Waals surface area contributed by atoms with Crippen LogP contribution in [-0.2, 0) is 4.79 Å². The van der Waals surface area contributed by atoms with Gasteiger partial charge in [-0.25, -0.2) is 0 Å². The summed E-state index contributed by atoms with van der Waals surface area (Å²) in [6.07, 6.45) is -0.886. The van der Waals surface area contributed by atoms with Gasteiger partial charge in [-0.05, 0) is 67.5 Å². The Kier molecular flexibility index (Phi) is 9.36. The number of thiocarbonyl (C=S) groups is 1. The largest absolute Gasteiger partial charge is 0.493 e. The number of hydrazine groups is 1. The predicted octanol–water partition coefficient (Wildman–Crippen LogP) is 4.13. The molecule has 3 N–H and O–H groups in total. The van der Waals surface area contributed by atoms with Crippen molar-refractivity contribution in [3.05, 3.63) is 58.1 Å². The Morgan fingerprint density at radius 3 is 2.32 bits per heavy atom. The summed E-state index contributed by atoms with van der Waals surface area (Å²) in [6, 6.07) is 11.3. The second-order valence-corrected chi connectivity index (χ2v) is 8.21. The Morgan fingerprint density at radius 2 is 1.71 bits per heavy atom. The van der Waals surface area contributed by atoms with E-state index in [9.17, 15) is 9.59 Å². The zero-order valence-corrected chi connectivity index (χ0v) is 19.5. The van der Waals surface area contributed by atoms with E-state index in [1.165, 1.54) is 13.0 Å². The highest BCUT2D eigenvalue weighted by atomic mass is 35.5. The Balaban J connectivity index is 1.79. The monoisotopic (exact) mass is 483 g/mol. The topological polar surface area (TPSA) is 88.7 Å². The van der Waals surface area contributed by atoms with Crippen LogP contribution in [0, 0.1) is 5.92 Å². The van der Waals surface area contributed by atoms with Crippen LogP contribution >= 0.6 is 35.4 Å². The van der Waals surface area contributed by atoms with Gasteiger partial charge in [0.1, 0.15) is 11.5 Å². The van der Waals surface area contributed by atoms with E-state index >= 15 is 0 Å². The van der Waals surface area contributed by atoms with Crippen molar-refractivity contribution in [2.24, 2.45) is 5.92 Å². The maximum atomic E-state index is 12.3. The van der Waals surface area contributed by atoms with Crippen molar-refractivity contribution in [2.45, 2.75) is 26.9 Å². The maximum absolute atomic E-state index is 12.3. The van der Waals surface area contributed by atoms with Gasteiger partial charge in [-0.3, -0.25) is 25.8 Å². The van der Waals surface area contributed by atoms with Crippen molar-refractivity contribution in [1.29, 1.82) is 0 Å². The third kappa shape index (κ3) is 8.24. The molecule has 0 fully saturated rings. The number of carbonyl (C=O) groups excluding carboxylic acids is 2. The van der Waals surface area contributed by atoms with Gasteiger partial charge < -0.3 is 9.47 Å². The van der Waals surface area contributed by atoms with Crippen molar-refractivity contribution < 1.29 is 19.1 Å². The minimum absolute atomic E-state index is 0.0739. The van der Waals surface area contributed by atoms with Gasteiger partial charge in [-0.15, -0.1) is 0 Å². The van der Waals surface area contributed by atoms with Crippen LogP contribution in [0.4, 0.5) is 0 Å². The minimum atomic E-state index is -0.886. The fourth-order valence-electron chi connectivity index (χ4n) is 2.21. The number of rotatable bonds is 7. The van der Waals surface area contributed by atoms with Crippen molar-refractivity contribution in [2.75, 3.05) is 6.61 Å². The van der Waals surface area contributed by atoms with Crippen LogP contribution in [0.3, 0.4) is 0 Å². The summed E-state index contributed by atoms with van der Waals surface area (Å²) >= 11 is 16.9. The number of hydrogen-bond donors (Lipinski definition) is 3. The third-order valence-corrected chi connectivity index (χ3v) is 4.53. The lowest BCUT2D eigenvalue weighted by Gasteiger charge is -2.17. The quantitative estimate of drug-likeness (QED) is 0.405. The van der Waals surface area contributed by atoms with Gasteiger partial charge in [0.15, 0.2) is 11.2 Å². The van der Waals surface area contributed by atoms with Crippen LogP contribution in [-0.4, -0.2) is 29.6 Å². The minimum Gasteiger partial charge on any atom is -0.493 e. The summed E-state index contributed by atoms with van der Waals surface area (Å²) in [7, 11) is 0. The van der Waals surface area contributed by atoms with E-state index in [2.05, 4.69) is 16.2 Å². The van der Waals surface area contributed by atoms with E-state index in [1.54, 1.807) is 36.4 Å². The van der Waals surface area contributed by atoms with E-state index < -0.39 is 17.9 Å². The van der Waals surface area contributed by atoms with Crippen molar-refractivity contribution in [3.8, 4) is 11.5 Å². The van der Waals surface area contributed by atoms with E-state index in [1.807, 2.05) is 13.8 Å². The molecule has 0 saturated heterocycles. The summed E-state index contributed by atoms with van der Waals surface area (Å²) in [5.41, 5.74) is 5.22. The summed E-state index contributed by atoms with van der Waals surface area (Å²) in [5, 5.41) is 3.14. The van der Waals surface area contributed by atoms with Gasteiger partial charge in [0.2, 0.25) is 0 Å². The molecule has 0 saturated carbocycles. The number of hydrogen-bond acceptors (Lipinski definition) is 5. The molecule has 1 atom stereocenters. The fraction of sp³-hybridized carbons (Fsp3) is 0.286. The molecule has 166 valence electrons. The second kappa shape index (κ2) is 11.7. The normalized spacial score (nSPS) is 11.4. The first-order valence-electron chi connectivity index (χ1n) is 9.41. The van der Waals surface area contributed by atoms with E-state index in [-0.39, 0.29) is 10.1 Å². The lowest BCUT2D eigenvalue weighted by atomic mass is 10.2. The molecule has 2 amide bonds. The molecule has 31 heavy (non-hydrogen) atoms. The summed E-state index contributed by atoms with van der Waals surface area (Å²) in [6.45, 7) is 6.22. The third-order valence-electron chi connectivity index (χ3n) is 3.79. The molecule has 0 bridgehead atoms. The molecular weight excluding hydrogens is 461 g/mol. The maximum Gasteiger partial charge on any atom is 0.279 e. The van der Waals surface area contributed by atoms with Crippen LogP contribution in [0.1, 0.15) is 31.1 Å². The first-order valence-corrected chi connectivity index (χ1v) is 10.6. The first-order chi connectivity index (χ1) is 14.7. The first kappa shape index (κ1) is 24.7. The highest BCUT2D eigenvalue weighted by molar-refractivity contribution is 7.80. The number of amides is 2. The molecule has 10 heteroatoms. The molecule has 7 nitrogen and oxygen atoms in total. The average Bonchev–Trinajstić information content (AvgIpc) is 2.72. The molecule has 0 aliphatic rings. The fourth-order valence-corrected chi connectivity index (χ4v) is 2.80. The Hall–Kier alpha value is -2.55. The zero-order chi connectivity index (χ0) is 23.0. The lowest BCUT2D eigenvalue weighted by molar-refractivity contribution is -0.127. The zero-order valence-electron chi connectivity index (χ0n) is 17.2.